The van der Waals surface area contributed by atoms with Gasteiger partial charge < -0.3 is 10.6 Å². The number of hydrogen-bond acceptors (Lipinski definition) is 21. The lowest BCUT2D eigenvalue weighted by Crippen LogP contribution is -2.11. The fourth-order valence-corrected chi connectivity index (χ4v) is 3.71. The molecule has 1 aromatic heterocycles. The van der Waals surface area contributed by atoms with Crippen LogP contribution in [0.5, 0.6) is 0 Å². The van der Waals surface area contributed by atoms with Crippen LogP contribution in [0.1, 0.15) is 0 Å². The van der Waals surface area contributed by atoms with Crippen molar-refractivity contribution in [3.8, 4) is 0 Å². The van der Waals surface area contributed by atoms with Crippen LogP contribution in [0.25, 0.3) is 0 Å². The van der Waals surface area contributed by atoms with Gasteiger partial charge in [0.15, 0.2) is 5.69 Å². The van der Waals surface area contributed by atoms with Gasteiger partial charge >= 0.3 is 45.5 Å². The summed E-state index contributed by atoms with van der Waals surface area (Å²) in [5, 5.41) is 108. The second kappa shape index (κ2) is 12.2. The number of benzene rings is 2. The van der Waals surface area contributed by atoms with E-state index in [4.69, 9.17) is 0 Å². The summed E-state index contributed by atoms with van der Waals surface area (Å²) < 4.78 is 0. The number of rotatable bonds is 13. The molecule has 0 aliphatic carbocycles. The predicted molar refractivity (Wildman–Crippen MR) is 144 cm³/mol. The van der Waals surface area contributed by atoms with Crippen molar-refractivity contribution in [3.05, 3.63) is 115 Å². The molecule has 2 N–H and O–H groups in total. The molecule has 47 heavy (non-hydrogen) atoms. The van der Waals surface area contributed by atoms with Crippen LogP contribution in [0.4, 0.5) is 74.2 Å². The van der Waals surface area contributed by atoms with Crippen molar-refractivity contribution in [2.75, 3.05) is 10.6 Å². The van der Waals surface area contributed by atoms with Crippen LogP contribution in [0, 0.1) is 91.0 Å². The maximum Gasteiger partial charge on any atom is 0.425 e. The minimum absolute atomic E-state index is 0.00179. The number of hydrogen-bond donors (Lipinski definition) is 2. The van der Waals surface area contributed by atoms with E-state index in [-0.39, 0.29) is 24.3 Å². The third-order valence-corrected chi connectivity index (χ3v) is 5.54. The van der Waals surface area contributed by atoms with Gasteiger partial charge in [-0.3, -0.25) is 91.0 Å². The van der Waals surface area contributed by atoms with Gasteiger partial charge in [0.25, 0.3) is 5.69 Å². The molecule has 0 spiro atoms. The van der Waals surface area contributed by atoms with Crippen molar-refractivity contribution < 1.29 is 44.3 Å². The van der Waals surface area contributed by atoms with Crippen molar-refractivity contribution in [2.45, 2.75) is 0 Å². The van der Waals surface area contributed by atoms with E-state index in [0.717, 1.165) is 0 Å². The number of nitro benzene ring substituents is 7. The fraction of sp³-hybridized carbons (Fsp3) is 0. The first kappa shape index (κ1) is 33.3. The molecule has 30 nitrogen and oxygen atoms in total. The molecule has 0 amide bonds. The van der Waals surface area contributed by atoms with Gasteiger partial charge in [-0.05, 0) is 0 Å². The van der Waals surface area contributed by atoms with E-state index < -0.39 is 119 Å². The molecule has 0 fully saturated rings. The Hall–Kier alpha value is -8.21. The Labute approximate surface area is 250 Å². The van der Waals surface area contributed by atoms with Gasteiger partial charge in [-0.2, -0.15) is 4.98 Å². The van der Waals surface area contributed by atoms with E-state index in [1.54, 1.807) is 10.6 Å². The van der Waals surface area contributed by atoms with E-state index in [1.807, 2.05) is 0 Å². The Morgan fingerprint density at radius 1 is 0.383 bits per heavy atom. The van der Waals surface area contributed by atoms with Crippen molar-refractivity contribution in [2.24, 2.45) is 0 Å². The average molecular weight is 666 g/mol. The summed E-state index contributed by atoms with van der Waals surface area (Å²) in [5.41, 5.74) is -17.6. The number of nitrogens with one attached hydrogen (secondary N) is 2. The number of nitro groups is 9. The average Bonchev–Trinajstić information content (AvgIpc) is 2.95. The molecule has 30 heteroatoms. The Morgan fingerprint density at radius 3 is 1.06 bits per heavy atom. The number of pyridine rings is 1. The molecule has 0 unspecified atom stereocenters. The first-order valence-corrected chi connectivity index (χ1v) is 11.1. The van der Waals surface area contributed by atoms with Crippen LogP contribution >= 0.6 is 0 Å². The molecule has 0 bridgehead atoms. The second-order valence-corrected chi connectivity index (χ2v) is 8.13. The van der Waals surface area contributed by atoms with Crippen molar-refractivity contribution in [3.63, 3.8) is 0 Å². The zero-order valence-electron chi connectivity index (χ0n) is 21.6. The molecule has 1 heterocycles. The lowest BCUT2D eigenvalue weighted by atomic mass is 10.1. The van der Waals surface area contributed by atoms with Gasteiger partial charge in [-0.15, -0.1) is 0 Å². The zero-order valence-corrected chi connectivity index (χ0v) is 21.6. The highest BCUT2D eigenvalue weighted by Crippen LogP contribution is 2.50. The molecule has 0 aliphatic heterocycles. The summed E-state index contributed by atoms with van der Waals surface area (Å²) in [5.74, 6) is -2.88. The van der Waals surface area contributed by atoms with Gasteiger partial charge in [-0.25, -0.2) is 0 Å². The smallest absolute Gasteiger partial charge is 0.323 e. The first-order valence-electron chi connectivity index (χ1n) is 11.1. The molecule has 3 rings (SSSR count). The molecular formula is C17H6N12O18. The summed E-state index contributed by atoms with van der Waals surface area (Å²) in [6.45, 7) is 0. The normalized spacial score (nSPS) is 10.4. The van der Waals surface area contributed by atoms with Gasteiger partial charge in [-0.1, -0.05) is 0 Å². The topological polar surface area (TPSA) is 425 Å². The highest BCUT2D eigenvalue weighted by molar-refractivity contribution is 5.91. The lowest BCUT2D eigenvalue weighted by Gasteiger charge is -2.11. The molecule has 0 saturated carbocycles. The number of non-ortho nitro benzene ring substituents is 1. The maximum absolute atomic E-state index is 11.8. The first-order chi connectivity index (χ1) is 21.8. The monoisotopic (exact) mass is 666 g/mol. The van der Waals surface area contributed by atoms with Gasteiger partial charge in [0.05, 0.1) is 56.4 Å². The lowest BCUT2D eigenvalue weighted by molar-refractivity contribution is -0.442. The minimum atomic E-state index is -2.01. The molecule has 0 saturated heterocycles. The number of nitrogens with zero attached hydrogens (tertiary/aromatic N) is 10. The van der Waals surface area contributed by atoms with Crippen LogP contribution in [-0.4, -0.2) is 49.3 Å². The molecule has 0 atom stereocenters. The Kier molecular flexibility index (Phi) is 8.63. The van der Waals surface area contributed by atoms with Crippen molar-refractivity contribution in [1.29, 1.82) is 0 Å². The fourth-order valence-electron chi connectivity index (χ4n) is 3.71. The molecular weight excluding hydrogens is 660 g/mol. The van der Waals surface area contributed by atoms with Gasteiger partial charge in [0.1, 0.15) is 12.1 Å². The summed E-state index contributed by atoms with van der Waals surface area (Å²) in [6, 6.07) is 0.217. The van der Waals surface area contributed by atoms with E-state index >= 15 is 0 Å². The zero-order chi connectivity index (χ0) is 35.7. The van der Waals surface area contributed by atoms with E-state index in [0.29, 0.717) is 0 Å². The van der Waals surface area contributed by atoms with E-state index in [2.05, 4.69) is 4.98 Å². The van der Waals surface area contributed by atoms with E-state index in [9.17, 15) is 91.0 Å². The highest BCUT2D eigenvalue weighted by Gasteiger charge is 2.45. The third-order valence-electron chi connectivity index (χ3n) is 5.54. The van der Waals surface area contributed by atoms with Gasteiger partial charge in [0, 0.05) is 0 Å². The molecule has 2 aromatic carbocycles. The summed E-state index contributed by atoms with van der Waals surface area (Å²) >= 11 is 0. The molecule has 0 aliphatic rings. The minimum Gasteiger partial charge on any atom is -0.323 e. The van der Waals surface area contributed by atoms with Crippen LogP contribution in [-0.2, 0) is 0 Å². The van der Waals surface area contributed by atoms with Crippen molar-refractivity contribution >= 4 is 74.2 Å². The maximum atomic E-state index is 11.8. The van der Waals surface area contributed by atoms with Crippen LogP contribution in [0.2, 0.25) is 0 Å². The summed E-state index contributed by atoms with van der Waals surface area (Å²) in [7, 11) is 0. The second-order valence-electron chi connectivity index (χ2n) is 8.13. The summed E-state index contributed by atoms with van der Waals surface area (Å²) in [6.07, 6.45) is 0. The standard InChI is InChI=1S/C17H6N12O18/c30-21(31)5-1-6(22(32)33)12(7(2-5)23(34)35)18-16-10(26(40)41)4-11(27(42)43)17(20-16)19-13-8(24(36)37)3-9(25(38)39)14(28(44)45)15(13)29(46)47/h1-4H,(H2,18,19,20). The molecule has 3 aromatic rings. The van der Waals surface area contributed by atoms with Crippen LogP contribution in [0.3, 0.4) is 0 Å². The van der Waals surface area contributed by atoms with Crippen LogP contribution < -0.4 is 10.6 Å². The van der Waals surface area contributed by atoms with Crippen LogP contribution in [0.15, 0.2) is 24.3 Å². The van der Waals surface area contributed by atoms with Crippen molar-refractivity contribution in [1.82, 2.24) is 4.98 Å². The Balaban J connectivity index is 2.48. The molecule has 0 radical (unpaired) electrons. The highest BCUT2D eigenvalue weighted by atomic mass is 16.7. The largest absolute Gasteiger partial charge is 0.425 e. The number of anilines is 4. The summed E-state index contributed by atoms with van der Waals surface area (Å²) in [4.78, 5) is 94.2. The Morgan fingerprint density at radius 2 is 0.723 bits per heavy atom. The quantitative estimate of drug-likeness (QED) is 0.193. The predicted octanol–water partition coefficient (Wildman–Crippen LogP) is 3.74. The number of aromatic nitrogens is 1. The third kappa shape index (κ3) is 6.28. The Bertz CT molecular complexity index is 1980. The van der Waals surface area contributed by atoms with Gasteiger partial charge in [0.2, 0.25) is 17.3 Å². The molecule has 242 valence electrons. The SMILES string of the molecule is O=[N+]([O-])c1cc([N+](=O)[O-])c(Nc2nc(Nc3c([N+](=O)[O-])cc([N+](=O)[O-])c([N+](=O)[O-])c3[N+](=O)[O-])c([N+](=O)[O-])cc2[N+](=O)[O-])c([N+](=O)[O-])c1. The van der Waals surface area contributed by atoms with E-state index in [1.165, 1.54) is 0 Å².